The Morgan fingerprint density at radius 2 is 1.90 bits per heavy atom. The van der Waals surface area contributed by atoms with E-state index in [1.807, 2.05) is 0 Å². The molecule has 0 bridgehead atoms. The summed E-state index contributed by atoms with van der Waals surface area (Å²) in [5.74, 6) is -0.280. The van der Waals surface area contributed by atoms with E-state index < -0.39 is 5.97 Å². The van der Waals surface area contributed by atoms with Gasteiger partial charge >= 0.3 is 5.97 Å². The van der Waals surface area contributed by atoms with Crippen molar-refractivity contribution < 1.29 is 9.90 Å². The predicted octanol–water partition coefficient (Wildman–Crippen LogP) is 2.64. The van der Waals surface area contributed by atoms with E-state index in [1.54, 1.807) is 6.92 Å². The van der Waals surface area contributed by atoms with E-state index in [0.29, 0.717) is 17.1 Å². The fourth-order valence-electron chi connectivity index (χ4n) is 3.62. The van der Waals surface area contributed by atoms with Gasteiger partial charge in [-0.05, 0) is 38.0 Å². The van der Waals surface area contributed by atoms with Gasteiger partial charge in [-0.25, -0.2) is 14.8 Å². The fourth-order valence-corrected chi connectivity index (χ4v) is 3.62. The third-order valence-electron chi connectivity index (χ3n) is 4.97. The molecule has 1 aliphatic heterocycles. The summed E-state index contributed by atoms with van der Waals surface area (Å²) in [4.78, 5) is 21.8. The summed E-state index contributed by atoms with van der Waals surface area (Å²) < 4.78 is 0. The monoisotopic (exact) mass is 275 g/mol. The van der Waals surface area contributed by atoms with Crippen molar-refractivity contribution in [3.8, 4) is 0 Å². The standard InChI is InChI=1S/C15H21N3O2/c1-11-12(13(19)20)10-16-14(17-11)18-8-6-15(7-9-18)4-2-3-5-15/h10H,2-9H2,1H3,(H,19,20). The maximum Gasteiger partial charge on any atom is 0.339 e. The van der Waals surface area contributed by atoms with E-state index in [4.69, 9.17) is 5.11 Å². The Balaban J connectivity index is 1.72. The second-order valence-corrected chi connectivity index (χ2v) is 6.17. The number of aromatic nitrogens is 2. The van der Waals surface area contributed by atoms with Gasteiger partial charge in [0.05, 0.1) is 11.3 Å². The number of aryl methyl sites for hydroxylation is 1. The van der Waals surface area contributed by atoms with Gasteiger partial charge in [0, 0.05) is 19.3 Å². The number of carbonyl (C=O) groups is 1. The zero-order chi connectivity index (χ0) is 14.2. The van der Waals surface area contributed by atoms with Crippen molar-refractivity contribution in [2.24, 2.45) is 5.41 Å². The summed E-state index contributed by atoms with van der Waals surface area (Å²) in [7, 11) is 0. The van der Waals surface area contributed by atoms with Crippen molar-refractivity contribution in [1.82, 2.24) is 9.97 Å². The zero-order valence-electron chi connectivity index (χ0n) is 11.9. The van der Waals surface area contributed by atoms with Gasteiger partial charge in [0.1, 0.15) is 0 Å². The first-order valence-corrected chi connectivity index (χ1v) is 7.42. The SMILES string of the molecule is Cc1nc(N2CCC3(CCCC3)CC2)ncc1C(=O)O. The molecule has 1 saturated heterocycles. The Morgan fingerprint density at radius 1 is 1.25 bits per heavy atom. The van der Waals surface area contributed by atoms with Gasteiger partial charge in [-0.15, -0.1) is 0 Å². The molecule has 108 valence electrons. The van der Waals surface area contributed by atoms with Gasteiger partial charge in [-0.2, -0.15) is 0 Å². The van der Waals surface area contributed by atoms with Crippen LogP contribution in [0.25, 0.3) is 0 Å². The van der Waals surface area contributed by atoms with E-state index in [9.17, 15) is 4.79 Å². The normalized spacial score (nSPS) is 21.4. The number of hydrogen-bond acceptors (Lipinski definition) is 4. The molecule has 5 heteroatoms. The fraction of sp³-hybridized carbons (Fsp3) is 0.667. The van der Waals surface area contributed by atoms with E-state index in [1.165, 1.54) is 44.7 Å². The quantitative estimate of drug-likeness (QED) is 0.898. The minimum absolute atomic E-state index is 0.193. The Bertz CT molecular complexity index is 514. The molecule has 1 aromatic rings. The van der Waals surface area contributed by atoms with E-state index in [2.05, 4.69) is 14.9 Å². The van der Waals surface area contributed by atoms with Crippen LogP contribution >= 0.6 is 0 Å². The van der Waals surface area contributed by atoms with Crippen LogP contribution in [-0.2, 0) is 0 Å². The smallest absolute Gasteiger partial charge is 0.339 e. The lowest BCUT2D eigenvalue weighted by molar-refractivity contribution is 0.0695. The van der Waals surface area contributed by atoms with E-state index in [0.717, 1.165) is 13.1 Å². The molecule has 1 aromatic heterocycles. The Labute approximate surface area is 119 Å². The van der Waals surface area contributed by atoms with Gasteiger partial charge < -0.3 is 10.0 Å². The molecular formula is C15H21N3O2. The molecule has 2 fully saturated rings. The average Bonchev–Trinajstić information content (AvgIpc) is 2.87. The van der Waals surface area contributed by atoms with Crippen molar-refractivity contribution in [1.29, 1.82) is 0 Å². The molecule has 1 saturated carbocycles. The highest BCUT2D eigenvalue weighted by Crippen LogP contribution is 2.46. The minimum Gasteiger partial charge on any atom is -0.478 e. The topological polar surface area (TPSA) is 66.3 Å². The number of hydrogen-bond donors (Lipinski definition) is 1. The number of rotatable bonds is 2. The second-order valence-electron chi connectivity index (χ2n) is 6.17. The van der Waals surface area contributed by atoms with Gasteiger partial charge in [-0.1, -0.05) is 12.8 Å². The molecule has 1 N–H and O–H groups in total. The van der Waals surface area contributed by atoms with Crippen LogP contribution in [0.2, 0.25) is 0 Å². The number of carboxylic acid groups (broad SMARTS) is 1. The van der Waals surface area contributed by atoms with Gasteiger partial charge in [0.15, 0.2) is 0 Å². The average molecular weight is 275 g/mol. The van der Waals surface area contributed by atoms with Crippen molar-refractivity contribution >= 4 is 11.9 Å². The molecule has 1 aliphatic carbocycles. The highest BCUT2D eigenvalue weighted by atomic mass is 16.4. The lowest BCUT2D eigenvalue weighted by atomic mass is 9.77. The molecule has 20 heavy (non-hydrogen) atoms. The largest absolute Gasteiger partial charge is 0.478 e. The molecule has 2 aliphatic rings. The maximum atomic E-state index is 11.0. The zero-order valence-corrected chi connectivity index (χ0v) is 11.9. The molecular weight excluding hydrogens is 254 g/mol. The first-order chi connectivity index (χ1) is 9.60. The molecule has 1 spiro atoms. The summed E-state index contributed by atoms with van der Waals surface area (Å²) >= 11 is 0. The first kappa shape index (κ1) is 13.3. The summed E-state index contributed by atoms with van der Waals surface area (Å²) in [5.41, 5.74) is 1.31. The van der Waals surface area contributed by atoms with Gasteiger partial charge in [0.25, 0.3) is 0 Å². The Hall–Kier alpha value is -1.65. The molecule has 0 aromatic carbocycles. The number of carboxylic acids is 1. The van der Waals surface area contributed by atoms with E-state index >= 15 is 0 Å². The summed E-state index contributed by atoms with van der Waals surface area (Å²) in [5, 5.41) is 9.01. The van der Waals surface area contributed by atoms with Crippen LogP contribution in [0.15, 0.2) is 6.20 Å². The van der Waals surface area contributed by atoms with E-state index in [-0.39, 0.29) is 5.56 Å². The van der Waals surface area contributed by atoms with Crippen LogP contribution in [0.3, 0.4) is 0 Å². The first-order valence-electron chi connectivity index (χ1n) is 7.42. The van der Waals surface area contributed by atoms with Crippen LogP contribution in [-0.4, -0.2) is 34.1 Å². The number of anilines is 1. The lowest BCUT2D eigenvalue weighted by Gasteiger charge is -2.39. The van der Waals surface area contributed by atoms with Crippen LogP contribution in [0.1, 0.15) is 54.6 Å². The Kier molecular flexibility index (Phi) is 3.36. The summed E-state index contributed by atoms with van der Waals surface area (Å²) in [6.07, 6.45) is 9.37. The highest BCUT2D eigenvalue weighted by Gasteiger charge is 2.37. The van der Waals surface area contributed by atoms with Crippen LogP contribution in [0.5, 0.6) is 0 Å². The molecule has 2 heterocycles. The third-order valence-corrected chi connectivity index (χ3v) is 4.97. The lowest BCUT2D eigenvalue weighted by Crippen LogP contribution is -2.39. The van der Waals surface area contributed by atoms with Crippen LogP contribution in [0.4, 0.5) is 5.95 Å². The molecule has 5 nitrogen and oxygen atoms in total. The van der Waals surface area contributed by atoms with Gasteiger partial charge in [-0.3, -0.25) is 0 Å². The maximum absolute atomic E-state index is 11.0. The van der Waals surface area contributed by atoms with Crippen LogP contribution in [0, 0.1) is 12.3 Å². The third kappa shape index (κ3) is 2.37. The van der Waals surface area contributed by atoms with Crippen molar-refractivity contribution in [2.45, 2.75) is 45.4 Å². The molecule has 0 amide bonds. The molecule has 0 radical (unpaired) electrons. The number of piperidine rings is 1. The number of aromatic carboxylic acids is 1. The number of nitrogens with zero attached hydrogens (tertiary/aromatic N) is 3. The molecule has 0 unspecified atom stereocenters. The second kappa shape index (κ2) is 5.04. The summed E-state index contributed by atoms with van der Waals surface area (Å²) in [6, 6.07) is 0. The van der Waals surface area contributed by atoms with Crippen molar-refractivity contribution in [3.63, 3.8) is 0 Å². The predicted molar refractivity (Wildman–Crippen MR) is 76.1 cm³/mol. The minimum atomic E-state index is -0.961. The van der Waals surface area contributed by atoms with Crippen molar-refractivity contribution in [3.05, 3.63) is 17.5 Å². The molecule has 3 rings (SSSR count). The Morgan fingerprint density at radius 3 is 2.45 bits per heavy atom. The van der Waals surface area contributed by atoms with Gasteiger partial charge in [0.2, 0.25) is 5.95 Å². The highest BCUT2D eigenvalue weighted by molar-refractivity contribution is 5.88. The van der Waals surface area contributed by atoms with Crippen LogP contribution < -0.4 is 4.90 Å². The molecule has 0 atom stereocenters. The summed E-state index contributed by atoms with van der Waals surface area (Å²) in [6.45, 7) is 3.72. The van der Waals surface area contributed by atoms with Crippen molar-refractivity contribution in [2.75, 3.05) is 18.0 Å².